The third-order valence-electron chi connectivity index (χ3n) is 3.62. The summed E-state index contributed by atoms with van der Waals surface area (Å²) in [6.45, 7) is 0. The van der Waals surface area contributed by atoms with Crippen molar-refractivity contribution < 1.29 is 11.9 Å². The van der Waals surface area contributed by atoms with Crippen LogP contribution in [0.25, 0.3) is 0 Å². The van der Waals surface area contributed by atoms with Crippen molar-refractivity contribution >= 4 is 47.3 Å². The molecule has 0 spiro atoms. The van der Waals surface area contributed by atoms with E-state index in [1.54, 1.807) is 48.5 Å². The summed E-state index contributed by atoms with van der Waals surface area (Å²) in [5.74, 6) is 0.253. The molecular formula is C19H16AsClN4O3. The van der Waals surface area contributed by atoms with E-state index < -0.39 is 14.2 Å². The van der Waals surface area contributed by atoms with Crippen molar-refractivity contribution in [2.45, 2.75) is 0 Å². The average molecular weight is 459 g/mol. The van der Waals surface area contributed by atoms with Gasteiger partial charge in [0.25, 0.3) is 0 Å². The van der Waals surface area contributed by atoms with Gasteiger partial charge in [-0.15, -0.1) is 0 Å². The summed E-state index contributed by atoms with van der Waals surface area (Å²) >= 11 is 0.746. The summed E-state index contributed by atoms with van der Waals surface area (Å²) in [5.41, 5.74) is 4.37. The van der Waals surface area contributed by atoms with Gasteiger partial charge in [-0.3, -0.25) is 0 Å². The summed E-state index contributed by atoms with van der Waals surface area (Å²) < 4.78 is 30.7. The topological polar surface area (TPSA) is 107 Å². The average Bonchev–Trinajstić information content (AvgIpc) is 2.69. The Labute approximate surface area is 169 Å². The molecule has 0 atom stereocenters. The number of amidine groups is 1. The molecule has 0 heterocycles. The number of rotatable bonds is 5. The minimum atomic E-state index is -5.13. The van der Waals surface area contributed by atoms with Gasteiger partial charge in [0.2, 0.25) is 0 Å². The Kier molecular flexibility index (Phi) is 6.44. The van der Waals surface area contributed by atoms with Gasteiger partial charge in [-0.2, -0.15) is 0 Å². The minimum absolute atomic E-state index is 0.102. The number of anilines is 1. The number of nitrogens with one attached hydrogen (secondary N) is 1. The van der Waals surface area contributed by atoms with Crippen LogP contribution in [-0.4, -0.2) is 28.2 Å². The molecule has 0 radical (unpaired) electrons. The van der Waals surface area contributed by atoms with Crippen molar-refractivity contribution in [3.05, 3.63) is 89.4 Å². The first kappa shape index (κ1) is 20.0. The molecule has 0 unspecified atom stereocenters. The van der Waals surface area contributed by atoms with Gasteiger partial charge in [0.1, 0.15) is 0 Å². The molecule has 0 fully saturated rings. The molecule has 28 heavy (non-hydrogen) atoms. The third kappa shape index (κ3) is 5.40. The predicted octanol–water partition coefficient (Wildman–Crippen LogP) is 3.46. The van der Waals surface area contributed by atoms with Crippen LogP contribution in [0.3, 0.4) is 0 Å². The van der Waals surface area contributed by atoms with Gasteiger partial charge in [-0.05, 0) is 0 Å². The molecule has 0 saturated heterocycles. The van der Waals surface area contributed by atoms with Crippen LogP contribution in [0, 0.1) is 0 Å². The zero-order valence-electron chi connectivity index (χ0n) is 14.5. The SMILES string of the molecule is O=[As](O)(O)c1ccccc1N=NC(=NNc1ccc(Cl)cc1)c1ccccc1. The molecule has 0 aromatic heterocycles. The number of hydrogen-bond acceptors (Lipinski definition) is 4. The first-order chi connectivity index (χ1) is 13.4. The summed E-state index contributed by atoms with van der Waals surface area (Å²) in [4.78, 5) is 0. The molecule has 3 N–H and O–H groups in total. The maximum atomic E-state index is 11.7. The molecule has 9 heteroatoms. The molecule has 0 aliphatic rings. The van der Waals surface area contributed by atoms with E-state index >= 15 is 0 Å². The second-order valence-electron chi connectivity index (χ2n) is 5.65. The van der Waals surface area contributed by atoms with Gasteiger partial charge >= 0.3 is 169 Å². The number of hydrogen-bond donors (Lipinski definition) is 3. The van der Waals surface area contributed by atoms with E-state index in [2.05, 4.69) is 20.8 Å². The fourth-order valence-corrected chi connectivity index (χ4v) is 3.86. The van der Waals surface area contributed by atoms with Gasteiger partial charge in [-0.1, -0.05) is 0 Å². The molecular weight excluding hydrogens is 443 g/mol. The summed E-state index contributed by atoms with van der Waals surface area (Å²) in [6.07, 6.45) is 0. The number of halogens is 1. The second-order valence-corrected chi connectivity index (χ2v) is 9.38. The molecule has 0 aliphatic heterocycles. The molecule has 142 valence electrons. The van der Waals surface area contributed by atoms with Crippen LogP contribution in [0.2, 0.25) is 5.02 Å². The molecule has 0 aliphatic carbocycles. The van der Waals surface area contributed by atoms with Gasteiger partial charge in [0.15, 0.2) is 0 Å². The second kappa shape index (κ2) is 8.99. The van der Waals surface area contributed by atoms with Crippen molar-refractivity contribution in [2.75, 3.05) is 5.43 Å². The van der Waals surface area contributed by atoms with Crippen LogP contribution >= 0.6 is 11.6 Å². The Morgan fingerprint density at radius 2 is 1.54 bits per heavy atom. The Bertz CT molecular complexity index is 1050. The zero-order valence-corrected chi connectivity index (χ0v) is 17.1. The summed E-state index contributed by atoms with van der Waals surface area (Å²) in [5, 5.41) is 13.0. The van der Waals surface area contributed by atoms with Crippen molar-refractivity contribution in [1.29, 1.82) is 0 Å². The molecule has 3 aromatic rings. The first-order valence-electron chi connectivity index (χ1n) is 8.15. The summed E-state index contributed by atoms with van der Waals surface area (Å²) in [6, 6.07) is 22.1. The fraction of sp³-hybridized carbons (Fsp3) is 0. The number of azo groups is 1. The Balaban J connectivity index is 1.95. The Morgan fingerprint density at radius 1 is 0.893 bits per heavy atom. The van der Waals surface area contributed by atoms with Crippen molar-refractivity contribution in [2.24, 2.45) is 15.3 Å². The van der Waals surface area contributed by atoms with E-state index in [-0.39, 0.29) is 15.9 Å². The molecule has 0 bridgehead atoms. The molecule has 0 saturated carbocycles. The standard InChI is InChI=1S/C19H16AsClN4O3/c21-15-10-12-16(13-11-15)22-24-19(14-6-2-1-3-7-14)25-23-18-9-5-4-8-17(18)20(26,27)28/h1-13,22H,(H2,26,27,28). The molecule has 3 rings (SSSR count). The van der Waals surface area contributed by atoms with Gasteiger partial charge < -0.3 is 0 Å². The number of benzene rings is 3. The van der Waals surface area contributed by atoms with E-state index in [0.29, 0.717) is 16.3 Å². The van der Waals surface area contributed by atoms with Crippen LogP contribution in [0.5, 0.6) is 0 Å². The van der Waals surface area contributed by atoms with Gasteiger partial charge in [0, 0.05) is 0 Å². The monoisotopic (exact) mass is 458 g/mol. The zero-order chi connectivity index (χ0) is 20.0. The van der Waals surface area contributed by atoms with E-state index in [1.807, 2.05) is 18.2 Å². The van der Waals surface area contributed by atoms with Crippen LogP contribution < -0.4 is 9.78 Å². The van der Waals surface area contributed by atoms with Crippen molar-refractivity contribution in [3.8, 4) is 0 Å². The number of hydrazone groups is 1. The normalized spacial score (nSPS) is 12.3. The molecule has 3 aromatic carbocycles. The maximum absolute atomic E-state index is 11.7. The third-order valence-corrected chi connectivity index (χ3v) is 5.98. The van der Waals surface area contributed by atoms with Crippen LogP contribution in [0.15, 0.2) is 94.2 Å². The van der Waals surface area contributed by atoms with E-state index in [9.17, 15) is 11.9 Å². The van der Waals surface area contributed by atoms with E-state index in [0.717, 1.165) is 0 Å². The molecule has 0 amide bonds. The Hall–Kier alpha value is -2.70. The predicted molar refractivity (Wildman–Crippen MR) is 110 cm³/mol. The van der Waals surface area contributed by atoms with Crippen LogP contribution in [0.4, 0.5) is 11.4 Å². The van der Waals surface area contributed by atoms with Crippen LogP contribution in [-0.2, 0) is 3.74 Å². The summed E-state index contributed by atoms with van der Waals surface area (Å²) in [7, 11) is 0. The quantitative estimate of drug-likeness (QED) is 0.179. The van der Waals surface area contributed by atoms with E-state index in [1.165, 1.54) is 12.1 Å². The fourth-order valence-electron chi connectivity index (χ4n) is 2.27. The van der Waals surface area contributed by atoms with Crippen LogP contribution in [0.1, 0.15) is 5.56 Å². The van der Waals surface area contributed by atoms with Crippen molar-refractivity contribution in [3.63, 3.8) is 0 Å². The number of nitrogens with zero attached hydrogens (tertiary/aromatic N) is 3. The van der Waals surface area contributed by atoms with Gasteiger partial charge in [0.05, 0.1) is 0 Å². The van der Waals surface area contributed by atoms with E-state index in [4.69, 9.17) is 11.6 Å². The van der Waals surface area contributed by atoms with Gasteiger partial charge in [-0.25, -0.2) is 0 Å². The molecule has 7 nitrogen and oxygen atoms in total. The first-order valence-corrected chi connectivity index (χ1v) is 11.9. The Morgan fingerprint density at radius 3 is 2.21 bits per heavy atom. The van der Waals surface area contributed by atoms with Crippen molar-refractivity contribution in [1.82, 2.24) is 0 Å².